The number of carbonyl (C=O) groups is 2. The number of hydrogen-bond acceptors (Lipinski definition) is 7. The SMILES string of the molecule is CCCCCCC/C=C\CCCCCCCCCC/C=C\CCCCC(=O)OC[C@H](COP(=O)([O-])C(CC)[N+](C)(C)C)OC(=O)CCCCCCCCCCCCCCCCC. The number of quaternary nitrogens is 1. The van der Waals surface area contributed by atoms with Gasteiger partial charge in [0.15, 0.2) is 19.5 Å². The molecule has 3 atom stereocenters. The van der Waals surface area contributed by atoms with Crippen LogP contribution < -0.4 is 4.89 Å². The van der Waals surface area contributed by atoms with E-state index in [2.05, 4.69) is 38.2 Å². The standard InChI is InChI=1S/C53H102NO7P/c1-7-10-12-14-16-18-20-22-24-25-26-27-28-29-30-31-33-34-36-38-40-42-44-46-52(55)59-48-50(49-60-62(57,58)51(9-3)54(4,5)6)61-53(56)47-45-43-41-39-37-35-32-23-21-19-17-15-13-11-8-2/h20,22,36,38,50-51H,7-19,21,23-35,37,39-49H2,1-6H3/b22-20-,38-36-/t50-,51?/m1/s1. The van der Waals surface area contributed by atoms with Crippen molar-refractivity contribution < 1.29 is 37.5 Å². The number of carbonyl (C=O) groups excluding carboxylic acids is 2. The van der Waals surface area contributed by atoms with Crippen LogP contribution in [0.15, 0.2) is 24.3 Å². The lowest BCUT2D eigenvalue weighted by Crippen LogP contribution is -2.47. The normalized spacial score (nSPS) is 14.1. The minimum absolute atomic E-state index is 0.198. The van der Waals surface area contributed by atoms with Gasteiger partial charge < -0.3 is 27.9 Å². The quantitative estimate of drug-likeness (QED) is 0.0197. The molecular weight excluding hydrogens is 794 g/mol. The van der Waals surface area contributed by atoms with E-state index in [0.29, 0.717) is 12.8 Å². The van der Waals surface area contributed by atoms with Crippen molar-refractivity contribution in [3.8, 4) is 0 Å². The molecular formula is C53H102NO7P. The zero-order valence-corrected chi connectivity index (χ0v) is 42.7. The third-order valence-corrected chi connectivity index (χ3v) is 14.4. The van der Waals surface area contributed by atoms with Crippen molar-refractivity contribution >= 4 is 19.5 Å². The topological polar surface area (TPSA) is 102 Å². The molecule has 0 spiro atoms. The van der Waals surface area contributed by atoms with Gasteiger partial charge in [-0.15, -0.1) is 0 Å². The number of rotatable bonds is 47. The van der Waals surface area contributed by atoms with Crippen LogP contribution in [0.25, 0.3) is 0 Å². The summed E-state index contributed by atoms with van der Waals surface area (Å²) in [4.78, 5) is 38.6. The van der Waals surface area contributed by atoms with E-state index in [4.69, 9.17) is 14.0 Å². The molecule has 0 aromatic heterocycles. The number of unbranched alkanes of at least 4 members (excludes halogenated alkanes) is 30. The molecule has 0 heterocycles. The predicted octanol–water partition coefficient (Wildman–Crippen LogP) is 15.6. The smallest absolute Gasteiger partial charge is 0.306 e. The van der Waals surface area contributed by atoms with Crippen LogP contribution in [-0.2, 0) is 28.2 Å². The van der Waals surface area contributed by atoms with Gasteiger partial charge in [-0.1, -0.05) is 199 Å². The van der Waals surface area contributed by atoms with Gasteiger partial charge in [0, 0.05) is 19.3 Å². The van der Waals surface area contributed by atoms with E-state index in [1.165, 1.54) is 173 Å². The van der Waals surface area contributed by atoms with Crippen LogP contribution in [0.5, 0.6) is 0 Å². The molecule has 0 amide bonds. The lowest BCUT2D eigenvalue weighted by molar-refractivity contribution is -0.884. The maximum atomic E-state index is 13.1. The van der Waals surface area contributed by atoms with Gasteiger partial charge >= 0.3 is 11.9 Å². The number of allylic oxidation sites excluding steroid dienone is 4. The molecule has 0 saturated carbocycles. The fraction of sp³-hybridized carbons (Fsp3) is 0.887. The van der Waals surface area contributed by atoms with Crippen LogP contribution in [0.4, 0.5) is 0 Å². The summed E-state index contributed by atoms with van der Waals surface area (Å²) >= 11 is 0. The molecule has 0 rings (SSSR count). The Bertz CT molecular complexity index is 1120. The molecule has 0 N–H and O–H groups in total. The highest BCUT2D eigenvalue weighted by atomic mass is 31.2. The van der Waals surface area contributed by atoms with Crippen LogP contribution in [0.3, 0.4) is 0 Å². The Morgan fingerprint density at radius 3 is 1.18 bits per heavy atom. The summed E-state index contributed by atoms with van der Waals surface area (Å²) in [7, 11) is 1.15. The Morgan fingerprint density at radius 1 is 0.484 bits per heavy atom. The Balaban J connectivity index is 4.28. The zero-order chi connectivity index (χ0) is 45.8. The van der Waals surface area contributed by atoms with Gasteiger partial charge in [0.2, 0.25) is 0 Å². The van der Waals surface area contributed by atoms with Crippen molar-refractivity contribution in [3.63, 3.8) is 0 Å². The average molecular weight is 896 g/mol. The van der Waals surface area contributed by atoms with Gasteiger partial charge in [-0.3, -0.25) is 9.59 Å². The molecule has 0 aromatic rings. The molecule has 62 heavy (non-hydrogen) atoms. The molecule has 0 fully saturated rings. The first-order valence-corrected chi connectivity index (χ1v) is 28.0. The summed E-state index contributed by atoms with van der Waals surface area (Å²) < 4.78 is 29.9. The van der Waals surface area contributed by atoms with E-state index >= 15 is 0 Å². The number of ether oxygens (including phenoxy) is 2. The number of esters is 2. The third kappa shape index (κ3) is 40.1. The number of nitrogens with zero attached hydrogens (tertiary/aromatic N) is 1. The number of hydrogen-bond donors (Lipinski definition) is 0. The molecule has 366 valence electrons. The van der Waals surface area contributed by atoms with Crippen molar-refractivity contribution in [2.45, 2.75) is 270 Å². The van der Waals surface area contributed by atoms with E-state index in [-0.39, 0.29) is 36.5 Å². The molecule has 0 saturated heterocycles. The summed E-state index contributed by atoms with van der Waals surface area (Å²) in [6.07, 6.45) is 51.4. The molecule has 0 aromatic carbocycles. The fourth-order valence-corrected chi connectivity index (χ4v) is 10.0. The maximum Gasteiger partial charge on any atom is 0.306 e. The first-order valence-electron chi connectivity index (χ1n) is 26.4. The Hall–Kier alpha value is -1.47. The average Bonchev–Trinajstić information content (AvgIpc) is 3.23. The van der Waals surface area contributed by atoms with Crippen LogP contribution in [0, 0.1) is 0 Å². The molecule has 0 bridgehead atoms. The fourth-order valence-electron chi connectivity index (χ4n) is 8.18. The second-order valence-electron chi connectivity index (χ2n) is 19.1. The first kappa shape index (κ1) is 60.5. The van der Waals surface area contributed by atoms with Crippen LogP contribution in [0.2, 0.25) is 0 Å². The van der Waals surface area contributed by atoms with Crippen molar-refractivity contribution in [2.24, 2.45) is 0 Å². The Labute approximate surface area is 384 Å². The summed E-state index contributed by atoms with van der Waals surface area (Å²) in [6.45, 7) is 5.76. The second-order valence-corrected chi connectivity index (χ2v) is 21.1. The molecule has 0 aliphatic carbocycles. The van der Waals surface area contributed by atoms with Crippen LogP contribution in [-0.4, -0.2) is 62.7 Å². The maximum absolute atomic E-state index is 13.1. The van der Waals surface area contributed by atoms with Crippen LogP contribution in [0.1, 0.15) is 258 Å². The minimum Gasteiger partial charge on any atom is -0.774 e. The van der Waals surface area contributed by atoms with Gasteiger partial charge in [0.1, 0.15) is 6.61 Å². The van der Waals surface area contributed by atoms with Gasteiger partial charge in [-0.25, -0.2) is 0 Å². The second kappa shape index (κ2) is 43.4. The van der Waals surface area contributed by atoms with Crippen molar-refractivity contribution in [1.82, 2.24) is 0 Å². The highest BCUT2D eigenvalue weighted by Gasteiger charge is 2.34. The van der Waals surface area contributed by atoms with Crippen molar-refractivity contribution in [3.05, 3.63) is 24.3 Å². The first-order chi connectivity index (χ1) is 30.0. The summed E-state index contributed by atoms with van der Waals surface area (Å²) in [6, 6.07) is 0. The van der Waals surface area contributed by atoms with Gasteiger partial charge in [-0.05, 0) is 64.2 Å². The lowest BCUT2D eigenvalue weighted by Gasteiger charge is -2.41. The molecule has 2 unspecified atom stereocenters. The van der Waals surface area contributed by atoms with E-state index in [0.717, 1.165) is 38.5 Å². The Kier molecular flexibility index (Phi) is 42.4. The third-order valence-electron chi connectivity index (χ3n) is 12.1. The molecule has 0 aliphatic rings. The van der Waals surface area contributed by atoms with Gasteiger partial charge in [0.25, 0.3) is 0 Å². The highest BCUT2D eigenvalue weighted by molar-refractivity contribution is 7.51. The molecule has 0 radical (unpaired) electrons. The van der Waals surface area contributed by atoms with Crippen LogP contribution >= 0.6 is 7.60 Å². The molecule has 8 nitrogen and oxygen atoms in total. The minimum atomic E-state index is -4.29. The molecule has 0 aliphatic heterocycles. The van der Waals surface area contributed by atoms with E-state index in [1.54, 1.807) is 0 Å². The van der Waals surface area contributed by atoms with Crippen molar-refractivity contribution in [1.29, 1.82) is 0 Å². The largest absolute Gasteiger partial charge is 0.774 e. The van der Waals surface area contributed by atoms with E-state index < -0.39 is 25.5 Å². The van der Waals surface area contributed by atoms with E-state index in [9.17, 15) is 19.0 Å². The zero-order valence-electron chi connectivity index (χ0n) is 41.8. The predicted molar refractivity (Wildman–Crippen MR) is 262 cm³/mol. The highest BCUT2D eigenvalue weighted by Crippen LogP contribution is 2.47. The van der Waals surface area contributed by atoms with Gasteiger partial charge in [-0.2, -0.15) is 0 Å². The summed E-state index contributed by atoms with van der Waals surface area (Å²) in [5.74, 6) is -1.53. The van der Waals surface area contributed by atoms with Crippen molar-refractivity contribution in [2.75, 3.05) is 34.4 Å². The molecule has 9 heteroatoms. The lowest BCUT2D eigenvalue weighted by atomic mass is 10.0. The van der Waals surface area contributed by atoms with Gasteiger partial charge in [0.05, 0.1) is 27.7 Å². The monoisotopic (exact) mass is 896 g/mol. The summed E-state index contributed by atoms with van der Waals surface area (Å²) in [5, 5.41) is 0. The van der Waals surface area contributed by atoms with E-state index in [1.807, 2.05) is 28.1 Å². The Morgan fingerprint density at radius 2 is 0.806 bits per heavy atom. The summed E-state index contributed by atoms with van der Waals surface area (Å²) in [5.41, 5.74) is 0.